The van der Waals surface area contributed by atoms with Crippen LogP contribution in [0.1, 0.15) is 26.0 Å². The number of carbonyl (C=O) groups is 4. The maximum Gasteiger partial charge on any atom is 0.352 e. The number of nitrogens with two attached hydrogens (primary N) is 1. The SMILES string of the molecule is CCC(NC(C)=O)(Sc1nnn[nH]1)C1=C(C(=O)O)N2C(=O)[C@@H](NC(=O)C(=NOC)c3csc(N)n3)[C@@H]2SC1. The summed E-state index contributed by atoms with van der Waals surface area (Å²) in [7, 11) is 1.25. The van der Waals surface area contributed by atoms with Crippen LogP contribution < -0.4 is 16.4 Å². The van der Waals surface area contributed by atoms with Gasteiger partial charge in [0.25, 0.3) is 11.8 Å². The maximum absolute atomic E-state index is 13.2. The van der Waals surface area contributed by atoms with Gasteiger partial charge in [0.1, 0.15) is 34.8 Å². The second kappa shape index (κ2) is 11.0. The lowest BCUT2D eigenvalue weighted by molar-refractivity contribution is -0.150. The molecule has 16 nitrogen and oxygen atoms in total. The van der Waals surface area contributed by atoms with Crippen LogP contribution in [-0.2, 0) is 24.0 Å². The average molecular weight is 583 g/mol. The first-order valence-electron chi connectivity index (χ1n) is 10.9. The number of fused-ring (bicyclic) bond motifs is 1. The summed E-state index contributed by atoms with van der Waals surface area (Å²) in [5.41, 5.74) is 5.65. The zero-order valence-electron chi connectivity index (χ0n) is 20.1. The Bertz CT molecular complexity index is 1330. The molecule has 4 heterocycles. The summed E-state index contributed by atoms with van der Waals surface area (Å²) in [6, 6.07) is -1.04. The van der Waals surface area contributed by atoms with Gasteiger partial charge in [0.2, 0.25) is 11.1 Å². The molecule has 2 aliphatic rings. The summed E-state index contributed by atoms with van der Waals surface area (Å²) in [6.45, 7) is 3.07. The van der Waals surface area contributed by atoms with Gasteiger partial charge in [-0.15, -0.1) is 28.2 Å². The number of thioether (sulfide) groups is 2. The summed E-state index contributed by atoms with van der Waals surface area (Å²) in [6.07, 6.45) is 0.255. The van der Waals surface area contributed by atoms with Gasteiger partial charge >= 0.3 is 5.97 Å². The van der Waals surface area contributed by atoms with Crippen molar-refractivity contribution in [1.29, 1.82) is 0 Å². The van der Waals surface area contributed by atoms with Gasteiger partial charge in [-0.05, 0) is 16.8 Å². The van der Waals surface area contributed by atoms with Gasteiger partial charge in [-0.3, -0.25) is 19.3 Å². The third-order valence-electron chi connectivity index (χ3n) is 5.58. The number of anilines is 1. The first kappa shape index (κ1) is 27.3. The highest BCUT2D eigenvalue weighted by Crippen LogP contribution is 2.48. The predicted molar refractivity (Wildman–Crippen MR) is 137 cm³/mol. The van der Waals surface area contributed by atoms with Crippen molar-refractivity contribution in [2.75, 3.05) is 18.6 Å². The first-order valence-corrected chi connectivity index (χ1v) is 13.6. The monoisotopic (exact) mass is 582 g/mol. The summed E-state index contributed by atoms with van der Waals surface area (Å²) in [4.78, 5) is 59.5. The molecule has 38 heavy (non-hydrogen) atoms. The van der Waals surface area contributed by atoms with Crippen LogP contribution >= 0.6 is 34.9 Å². The number of rotatable bonds is 10. The van der Waals surface area contributed by atoms with Crippen LogP contribution in [0.5, 0.6) is 0 Å². The number of nitrogen functional groups attached to an aromatic ring is 1. The van der Waals surface area contributed by atoms with E-state index in [1.807, 2.05) is 0 Å². The molecule has 3 amide bonds. The summed E-state index contributed by atoms with van der Waals surface area (Å²) in [5.74, 6) is -3.02. The molecule has 2 aromatic rings. The van der Waals surface area contributed by atoms with Crippen LogP contribution in [0.25, 0.3) is 0 Å². The number of tetrazole rings is 1. The van der Waals surface area contributed by atoms with Gasteiger partial charge in [0.05, 0.1) is 0 Å². The Morgan fingerprint density at radius 3 is 2.76 bits per heavy atom. The van der Waals surface area contributed by atoms with Crippen molar-refractivity contribution < 1.29 is 29.1 Å². The lowest BCUT2D eigenvalue weighted by Gasteiger charge is -2.51. The minimum Gasteiger partial charge on any atom is -0.477 e. The van der Waals surface area contributed by atoms with E-state index in [-0.39, 0.29) is 39.6 Å². The van der Waals surface area contributed by atoms with Gasteiger partial charge in [0.15, 0.2) is 10.8 Å². The molecule has 0 saturated carbocycles. The highest BCUT2D eigenvalue weighted by atomic mass is 32.2. The molecule has 2 aromatic heterocycles. The van der Waals surface area contributed by atoms with Crippen molar-refractivity contribution in [3.63, 3.8) is 0 Å². The van der Waals surface area contributed by atoms with Gasteiger partial charge in [-0.2, -0.15) is 0 Å². The molecule has 19 heteroatoms. The predicted octanol–water partition coefficient (Wildman–Crippen LogP) is -0.638. The third-order valence-corrected chi connectivity index (χ3v) is 8.89. The van der Waals surface area contributed by atoms with Crippen LogP contribution in [0.4, 0.5) is 5.13 Å². The molecule has 4 rings (SSSR count). The second-order valence-corrected chi connectivity index (χ2v) is 11.1. The number of nitrogens with one attached hydrogen (secondary N) is 3. The molecule has 0 aliphatic carbocycles. The van der Waals surface area contributed by atoms with Crippen LogP contribution in [0.3, 0.4) is 0 Å². The number of carboxylic acid groups (broad SMARTS) is 1. The number of hydrogen-bond donors (Lipinski definition) is 5. The van der Waals surface area contributed by atoms with Crippen molar-refractivity contribution >= 4 is 69.4 Å². The Morgan fingerprint density at radius 1 is 1.45 bits per heavy atom. The topological polar surface area (TPSA) is 231 Å². The Hall–Kier alpha value is -3.71. The van der Waals surface area contributed by atoms with E-state index in [2.05, 4.69) is 41.4 Å². The van der Waals surface area contributed by atoms with Crippen molar-refractivity contribution in [3.05, 3.63) is 22.3 Å². The Labute approximate surface area is 227 Å². The molecule has 1 unspecified atom stereocenters. The molecule has 0 bridgehead atoms. The summed E-state index contributed by atoms with van der Waals surface area (Å²) < 4.78 is 0. The van der Waals surface area contributed by atoms with Crippen LogP contribution in [0.2, 0.25) is 0 Å². The number of hydrogen-bond acceptors (Lipinski definition) is 14. The van der Waals surface area contributed by atoms with Crippen LogP contribution in [0, 0.1) is 0 Å². The van der Waals surface area contributed by atoms with Crippen molar-refractivity contribution in [2.45, 2.75) is 41.7 Å². The molecule has 3 atom stereocenters. The number of oxime groups is 1. The molecular weight excluding hydrogens is 560 g/mol. The van der Waals surface area contributed by atoms with E-state index in [1.165, 1.54) is 31.2 Å². The number of aromatic amines is 1. The normalized spacial score (nSPS) is 20.8. The van der Waals surface area contributed by atoms with E-state index in [9.17, 15) is 24.3 Å². The number of carboxylic acids is 1. The number of carbonyl (C=O) groups excluding carboxylic acids is 3. The Balaban J connectivity index is 1.65. The van der Waals surface area contributed by atoms with Crippen molar-refractivity contribution in [2.24, 2.45) is 5.16 Å². The maximum atomic E-state index is 13.2. The minimum absolute atomic E-state index is 0.132. The van der Waals surface area contributed by atoms with Gasteiger partial charge in [-0.25, -0.2) is 14.9 Å². The number of β-lactam (4-membered cyclic amide) rings is 1. The van der Waals surface area contributed by atoms with Crippen molar-refractivity contribution in [1.82, 2.24) is 41.1 Å². The summed E-state index contributed by atoms with van der Waals surface area (Å²) in [5, 5.41) is 34.1. The highest BCUT2D eigenvalue weighted by Gasteiger charge is 2.57. The fourth-order valence-corrected chi connectivity index (χ4v) is 7.23. The van der Waals surface area contributed by atoms with E-state index < -0.39 is 40.0 Å². The molecule has 0 aromatic carbocycles. The molecule has 2 aliphatic heterocycles. The second-order valence-electron chi connectivity index (χ2n) is 7.86. The molecular formula is C19H22N10O6S3. The first-order chi connectivity index (χ1) is 18.1. The average Bonchev–Trinajstić information content (AvgIpc) is 3.55. The molecule has 1 fully saturated rings. The number of H-pyrrole nitrogens is 1. The fourth-order valence-electron chi connectivity index (χ4n) is 4.01. The molecule has 1 saturated heterocycles. The lowest BCUT2D eigenvalue weighted by atomic mass is 9.97. The number of thiazole rings is 1. The third kappa shape index (κ3) is 5.03. The largest absolute Gasteiger partial charge is 0.477 e. The van der Waals surface area contributed by atoms with E-state index in [1.54, 1.807) is 6.92 Å². The number of nitrogens with zero attached hydrogens (tertiary/aromatic N) is 6. The number of aromatic nitrogens is 5. The van der Waals surface area contributed by atoms with Gasteiger partial charge in [0, 0.05) is 23.6 Å². The summed E-state index contributed by atoms with van der Waals surface area (Å²) >= 11 is 3.38. The van der Waals surface area contributed by atoms with Crippen LogP contribution in [0.15, 0.2) is 27.0 Å². The molecule has 6 N–H and O–H groups in total. The van der Waals surface area contributed by atoms with Crippen LogP contribution in [-0.4, -0.2) is 94.2 Å². The van der Waals surface area contributed by atoms with Gasteiger partial charge in [-0.1, -0.05) is 23.8 Å². The molecule has 202 valence electrons. The van der Waals surface area contributed by atoms with E-state index in [0.29, 0.717) is 5.57 Å². The lowest BCUT2D eigenvalue weighted by Crippen LogP contribution is -2.71. The van der Waals surface area contributed by atoms with E-state index >= 15 is 0 Å². The number of amides is 3. The smallest absolute Gasteiger partial charge is 0.352 e. The standard InChI is InChI=1S/C19H22N10O6S3/c1-4-19(23-7(2)30,38-18-24-27-28-25-18)8-5-36-15-11(14(32)29(15)12(8)16(33)34)22-13(31)10(26-35-3)9-6-37-17(20)21-9/h6,11,15H,4-5H2,1-3H3,(H2,20,21)(H,22,31)(H,23,30)(H,33,34)(H,24,25,27,28)/t11-,15+,19?/m1/s1. The van der Waals surface area contributed by atoms with E-state index in [4.69, 9.17) is 10.6 Å². The minimum atomic E-state index is -1.36. The fraction of sp³-hybridized carbons (Fsp3) is 0.421. The quantitative estimate of drug-likeness (QED) is 0.0772. The zero-order chi connectivity index (χ0) is 27.6. The van der Waals surface area contributed by atoms with Gasteiger partial charge < -0.3 is 26.3 Å². The molecule has 0 radical (unpaired) electrons. The number of aliphatic carboxylic acids is 1. The zero-order valence-corrected chi connectivity index (χ0v) is 22.6. The van der Waals surface area contributed by atoms with E-state index in [0.717, 1.165) is 28.0 Å². The molecule has 0 spiro atoms. The van der Waals surface area contributed by atoms with Crippen molar-refractivity contribution in [3.8, 4) is 0 Å². The Morgan fingerprint density at radius 2 is 2.21 bits per heavy atom. The highest BCUT2D eigenvalue weighted by molar-refractivity contribution is 8.01. The Kier molecular flexibility index (Phi) is 7.88.